The first kappa shape index (κ1) is 20.3. The van der Waals surface area contributed by atoms with E-state index in [0.717, 1.165) is 30.1 Å². The summed E-state index contributed by atoms with van der Waals surface area (Å²) in [6.45, 7) is 3.80. The van der Waals surface area contributed by atoms with Crippen molar-refractivity contribution in [1.29, 1.82) is 0 Å². The van der Waals surface area contributed by atoms with Crippen molar-refractivity contribution in [2.45, 2.75) is 37.2 Å². The number of aromatic nitrogens is 1. The van der Waals surface area contributed by atoms with Crippen molar-refractivity contribution in [3.63, 3.8) is 0 Å². The summed E-state index contributed by atoms with van der Waals surface area (Å²) in [6.07, 6.45) is 5.50. The molecule has 0 fully saturated rings. The second-order valence-corrected chi connectivity index (χ2v) is 10.1. The number of halogens is 1. The van der Waals surface area contributed by atoms with Gasteiger partial charge in [-0.3, -0.25) is 0 Å². The average Bonchev–Trinajstić information content (AvgIpc) is 3.34. The Hall–Kier alpha value is -2.00. The van der Waals surface area contributed by atoms with Gasteiger partial charge in [0.25, 0.3) is 0 Å². The first-order valence-corrected chi connectivity index (χ1v) is 11.9. The smallest absolute Gasteiger partial charge is 0.241 e. The number of hydrogen-bond donors (Lipinski definition) is 1. The van der Waals surface area contributed by atoms with Gasteiger partial charge in [-0.25, -0.2) is 17.5 Å². The zero-order valence-corrected chi connectivity index (χ0v) is 18.1. The standard InChI is InChI=1S/C21H24FN3O2S2/c1-3-18(23-29(26,27)16-8-6-15(22)7-9-16)20-17-10-13-24(2)14-19(17)28-21(20)25-11-4-5-12-25/h4-9,11-12,18,23H,3,10,13-14H2,1-2H3. The van der Waals surface area contributed by atoms with Gasteiger partial charge in [0, 0.05) is 42.0 Å². The molecule has 0 spiro atoms. The predicted molar refractivity (Wildman–Crippen MR) is 113 cm³/mol. The Morgan fingerprint density at radius 3 is 2.55 bits per heavy atom. The molecule has 1 aromatic carbocycles. The monoisotopic (exact) mass is 433 g/mol. The molecule has 1 aliphatic rings. The van der Waals surface area contributed by atoms with Gasteiger partial charge in [0.15, 0.2) is 0 Å². The quantitative estimate of drug-likeness (QED) is 0.637. The number of nitrogens with one attached hydrogen (secondary N) is 1. The molecular formula is C21H24FN3O2S2. The number of sulfonamides is 1. The lowest BCUT2D eigenvalue weighted by Gasteiger charge is -2.25. The number of rotatable bonds is 6. The topological polar surface area (TPSA) is 54.3 Å². The zero-order chi connectivity index (χ0) is 20.6. The average molecular weight is 434 g/mol. The van der Waals surface area contributed by atoms with Gasteiger partial charge in [0.05, 0.1) is 4.90 Å². The molecule has 0 radical (unpaired) electrons. The van der Waals surface area contributed by atoms with Crippen molar-refractivity contribution in [1.82, 2.24) is 14.2 Å². The van der Waals surface area contributed by atoms with Crippen molar-refractivity contribution in [3.8, 4) is 5.00 Å². The van der Waals surface area contributed by atoms with Crippen molar-refractivity contribution >= 4 is 21.4 Å². The molecule has 0 aliphatic carbocycles. The molecule has 1 N–H and O–H groups in total. The van der Waals surface area contributed by atoms with E-state index in [2.05, 4.69) is 21.2 Å². The Balaban J connectivity index is 1.76. The summed E-state index contributed by atoms with van der Waals surface area (Å²) in [5, 5.41) is 1.06. The van der Waals surface area contributed by atoms with E-state index >= 15 is 0 Å². The number of nitrogens with zero attached hydrogens (tertiary/aromatic N) is 2. The van der Waals surface area contributed by atoms with Crippen molar-refractivity contribution in [3.05, 3.63) is 70.6 Å². The fourth-order valence-corrected chi connectivity index (χ4v) is 6.52. The highest BCUT2D eigenvalue weighted by atomic mass is 32.2. The maximum absolute atomic E-state index is 13.2. The third-order valence-electron chi connectivity index (χ3n) is 5.29. The van der Waals surface area contributed by atoms with Crippen LogP contribution in [0.15, 0.2) is 53.7 Å². The van der Waals surface area contributed by atoms with E-state index in [4.69, 9.17) is 0 Å². The van der Waals surface area contributed by atoms with E-state index in [1.807, 2.05) is 31.5 Å². The number of hydrogen-bond acceptors (Lipinski definition) is 4. The molecule has 4 rings (SSSR count). The van der Waals surface area contributed by atoms with E-state index in [9.17, 15) is 12.8 Å². The maximum atomic E-state index is 13.2. The van der Waals surface area contributed by atoms with Crippen LogP contribution in [0.3, 0.4) is 0 Å². The van der Waals surface area contributed by atoms with Crippen LogP contribution in [0.2, 0.25) is 0 Å². The lowest BCUT2D eigenvalue weighted by Crippen LogP contribution is -2.31. The lowest BCUT2D eigenvalue weighted by molar-refractivity contribution is 0.316. The normalized spacial score (nSPS) is 16.0. The van der Waals surface area contributed by atoms with Crippen LogP contribution in [-0.4, -0.2) is 31.5 Å². The first-order chi connectivity index (χ1) is 13.9. The third kappa shape index (κ3) is 4.02. The fraction of sp³-hybridized carbons (Fsp3) is 0.333. The van der Waals surface area contributed by atoms with Crippen LogP contribution < -0.4 is 4.72 Å². The molecule has 8 heteroatoms. The lowest BCUT2D eigenvalue weighted by atomic mass is 9.97. The minimum absolute atomic E-state index is 0.0729. The van der Waals surface area contributed by atoms with Crippen LogP contribution in [0.25, 0.3) is 5.00 Å². The van der Waals surface area contributed by atoms with E-state index in [1.165, 1.54) is 34.7 Å². The van der Waals surface area contributed by atoms with Gasteiger partial charge in [0.1, 0.15) is 10.8 Å². The van der Waals surface area contributed by atoms with Crippen molar-refractivity contribution in [2.75, 3.05) is 13.6 Å². The SMILES string of the molecule is CCC(NS(=O)(=O)c1ccc(F)cc1)c1c(-n2cccc2)sc2c1CCN(C)C2. The Morgan fingerprint density at radius 2 is 1.90 bits per heavy atom. The molecule has 3 heterocycles. The van der Waals surface area contributed by atoms with Crippen LogP contribution >= 0.6 is 11.3 Å². The Morgan fingerprint density at radius 1 is 1.21 bits per heavy atom. The van der Waals surface area contributed by atoms with Gasteiger partial charge in [-0.1, -0.05) is 6.92 Å². The van der Waals surface area contributed by atoms with Gasteiger partial charge in [-0.15, -0.1) is 11.3 Å². The van der Waals surface area contributed by atoms with Gasteiger partial charge in [-0.05, 0) is 61.9 Å². The second-order valence-electron chi connectivity index (χ2n) is 7.34. The molecule has 0 bridgehead atoms. The highest BCUT2D eigenvalue weighted by Gasteiger charge is 2.30. The summed E-state index contributed by atoms with van der Waals surface area (Å²) in [6, 6.07) is 8.53. The van der Waals surface area contributed by atoms with Crippen LogP contribution in [-0.2, 0) is 23.0 Å². The molecular weight excluding hydrogens is 409 g/mol. The fourth-order valence-electron chi connectivity index (χ4n) is 3.78. The number of fused-ring (bicyclic) bond motifs is 1. The Bertz CT molecular complexity index is 1090. The van der Waals surface area contributed by atoms with E-state index in [0.29, 0.717) is 6.42 Å². The number of benzene rings is 1. The van der Waals surface area contributed by atoms with E-state index < -0.39 is 15.8 Å². The molecule has 0 amide bonds. The molecule has 1 aliphatic heterocycles. The van der Waals surface area contributed by atoms with Gasteiger partial charge in [0.2, 0.25) is 10.0 Å². The molecule has 0 saturated carbocycles. The number of likely N-dealkylation sites (N-methyl/N-ethyl adjacent to an activating group) is 1. The first-order valence-electron chi connectivity index (χ1n) is 9.63. The van der Waals surface area contributed by atoms with Crippen LogP contribution in [0.4, 0.5) is 4.39 Å². The Labute approximate surface area is 174 Å². The molecule has 5 nitrogen and oxygen atoms in total. The summed E-state index contributed by atoms with van der Waals surface area (Å²) >= 11 is 1.73. The van der Waals surface area contributed by atoms with Crippen LogP contribution in [0, 0.1) is 5.82 Å². The largest absolute Gasteiger partial charge is 0.315 e. The summed E-state index contributed by atoms with van der Waals surface area (Å²) in [4.78, 5) is 3.65. The minimum Gasteiger partial charge on any atom is -0.315 e. The van der Waals surface area contributed by atoms with Crippen LogP contribution in [0.5, 0.6) is 0 Å². The summed E-state index contributed by atoms with van der Waals surface area (Å²) in [7, 11) is -1.67. The molecule has 2 aromatic heterocycles. The predicted octanol–water partition coefficient (Wildman–Crippen LogP) is 4.10. The summed E-state index contributed by atoms with van der Waals surface area (Å²) < 4.78 is 44.1. The van der Waals surface area contributed by atoms with E-state index in [1.54, 1.807) is 11.3 Å². The molecule has 0 saturated heterocycles. The Kier molecular flexibility index (Phi) is 5.61. The molecule has 1 atom stereocenters. The molecule has 29 heavy (non-hydrogen) atoms. The van der Waals surface area contributed by atoms with Crippen molar-refractivity contribution in [2.24, 2.45) is 0 Å². The third-order valence-corrected chi connectivity index (χ3v) is 8.02. The summed E-state index contributed by atoms with van der Waals surface area (Å²) in [5.41, 5.74) is 2.31. The highest BCUT2D eigenvalue weighted by Crippen LogP contribution is 2.40. The van der Waals surface area contributed by atoms with E-state index in [-0.39, 0.29) is 10.9 Å². The molecule has 3 aromatic rings. The van der Waals surface area contributed by atoms with Gasteiger partial charge >= 0.3 is 0 Å². The van der Waals surface area contributed by atoms with Crippen LogP contribution in [0.1, 0.15) is 35.4 Å². The highest BCUT2D eigenvalue weighted by molar-refractivity contribution is 7.89. The van der Waals surface area contributed by atoms with Crippen molar-refractivity contribution < 1.29 is 12.8 Å². The summed E-state index contributed by atoms with van der Waals surface area (Å²) in [5.74, 6) is -0.457. The minimum atomic E-state index is -3.77. The molecule has 154 valence electrons. The van der Waals surface area contributed by atoms with Gasteiger partial charge in [-0.2, -0.15) is 0 Å². The second kappa shape index (κ2) is 8.02. The zero-order valence-electron chi connectivity index (χ0n) is 16.4. The van der Waals surface area contributed by atoms with Gasteiger partial charge < -0.3 is 9.47 Å². The molecule has 1 unspecified atom stereocenters. The maximum Gasteiger partial charge on any atom is 0.241 e. The number of thiophene rings is 1.